The highest BCUT2D eigenvalue weighted by Crippen LogP contribution is 2.43. The minimum absolute atomic E-state index is 0. The van der Waals surface area contributed by atoms with Gasteiger partial charge in [0.05, 0.1) is 18.1 Å². The molecule has 3 aromatic carbocycles. The van der Waals surface area contributed by atoms with Gasteiger partial charge in [-0.25, -0.2) is 0 Å². The number of aromatic hydroxyl groups is 1. The number of methoxy groups -OCH3 is 1. The van der Waals surface area contributed by atoms with Crippen LogP contribution in [-0.4, -0.2) is 25.4 Å². The normalized spacial score (nSPS) is 13.5. The molecular weight excluding hydrogens is 511 g/mol. The molecule has 37 heavy (non-hydrogen) atoms. The number of rotatable bonds is 4. The molecule has 6 nitrogen and oxygen atoms in total. The summed E-state index contributed by atoms with van der Waals surface area (Å²) < 4.78 is 60.5. The second-order valence-corrected chi connectivity index (χ2v) is 8.71. The number of halogens is 4. The van der Waals surface area contributed by atoms with E-state index in [1.165, 1.54) is 19.2 Å². The van der Waals surface area contributed by atoms with Crippen LogP contribution in [0.1, 0.15) is 16.7 Å². The highest BCUT2D eigenvalue weighted by atomic mass is 35.5. The summed E-state index contributed by atoms with van der Waals surface area (Å²) in [4.78, 5) is 0. The highest BCUT2D eigenvalue weighted by molar-refractivity contribution is 5.95. The van der Waals surface area contributed by atoms with Crippen LogP contribution in [0.4, 0.5) is 13.2 Å². The Morgan fingerprint density at radius 2 is 1.73 bits per heavy atom. The van der Waals surface area contributed by atoms with E-state index in [1.807, 2.05) is 24.4 Å². The summed E-state index contributed by atoms with van der Waals surface area (Å²) in [5.74, 6) is 1.51. The molecule has 1 aromatic heterocycles. The van der Waals surface area contributed by atoms with Crippen LogP contribution >= 0.6 is 0 Å². The number of hydrogen-bond acceptors (Lipinski definition) is 5. The largest absolute Gasteiger partial charge is 1.00 e. The van der Waals surface area contributed by atoms with Gasteiger partial charge < -0.3 is 36.5 Å². The standard InChI is InChI=1S/C27H20F3NO5.ClH/c1-33-22-7-6-18-20(10-15-2-4-17(5-3-15)36-27(28,29)30)25-19-12-24-23(34-14-35-24)11-16(19)8-9-31(25)13-21(18)26(22)32;/h2-7,11-13H,8-10,14H2,1H3;1H. The zero-order valence-electron chi connectivity index (χ0n) is 19.6. The molecule has 2 aliphatic rings. The van der Waals surface area contributed by atoms with Gasteiger partial charge in [0.25, 0.3) is 0 Å². The number of pyridine rings is 1. The zero-order valence-corrected chi connectivity index (χ0v) is 20.3. The van der Waals surface area contributed by atoms with Crippen molar-refractivity contribution in [2.75, 3.05) is 13.9 Å². The number of phenolic OH excluding ortho intramolecular Hbond substituents is 1. The lowest BCUT2D eigenvalue weighted by Crippen LogP contribution is -3.00. The average molecular weight is 532 g/mol. The summed E-state index contributed by atoms with van der Waals surface area (Å²) in [5.41, 5.74) is 4.79. The summed E-state index contributed by atoms with van der Waals surface area (Å²) in [5, 5.41) is 12.4. The second kappa shape index (κ2) is 9.23. The van der Waals surface area contributed by atoms with E-state index in [9.17, 15) is 18.3 Å². The van der Waals surface area contributed by atoms with Crippen molar-refractivity contribution in [2.24, 2.45) is 0 Å². The first-order chi connectivity index (χ1) is 17.3. The fourth-order valence-corrected chi connectivity index (χ4v) is 5.01. The van der Waals surface area contributed by atoms with Crippen molar-refractivity contribution in [2.45, 2.75) is 25.7 Å². The number of aryl methyl sites for hydroxylation is 2. The van der Waals surface area contributed by atoms with Gasteiger partial charge in [0, 0.05) is 23.8 Å². The highest BCUT2D eigenvalue weighted by Gasteiger charge is 2.33. The third-order valence-electron chi connectivity index (χ3n) is 6.60. The Labute approximate surface area is 216 Å². The third-order valence-corrected chi connectivity index (χ3v) is 6.60. The number of alkyl halides is 3. The van der Waals surface area contributed by atoms with E-state index in [2.05, 4.69) is 9.30 Å². The number of hydrogen-bond donors (Lipinski definition) is 1. The minimum Gasteiger partial charge on any atom is -1.00 e. The molecule has 0 saturated heterocycles. The molecule has 0 bridgehead atoms. The first-order valence-electron chi connectivity index (χ1n) is 11.3. The number of benzene rings is 3. The Kier molecular flexibility index (Phi) is 6.19. The fraction of sp³-hybridized carbons (Fsp3) is 0.222. The third kappa shape index (κ3) is 4.44. The van der Waals surface area contributed by atoms with Gasteiger partial charge in [-0.05, 0) is 47.5 Å². The van der Waals surface area contributed by atoms with Crippen LogP contribution in [0.2, 0.25) is 0 Å². The topological polar surface area (TPSA) is 61.0 Å². The minimum atomic E-state index is -4.75. The van der Waals surface area contributed by atoms with Crippen molar-refractivity contribution in [3.8, 4) is 40.0 Å². The van der Waals surface area contributed by atoms with E-state index in [1.54, 1.807) is 18.2 Å². The van der Waals surface area contributed by atoms with Crippen LogP contribution in [0, 0.1) is 0 Å². The molecule has 4 aromatic rings. The molecule has 0 radical (unpaired) electrons. The molecule has 3 heterocycles. The van der Waals surface area contributed by atoms with Crippen LogP contribution in [0.3, 0.4) is 0 Å². The Hall–Kier alpha value is -3.85. The van der Waals surface area contributed by atoms with E-state index in [0.717, 1.165) is 39.8 Å². The molecule has 10 heteroatoms. The number of fused-ring (bicyclic) bond motifs is 5. The van der Waals surface area contributed by atoms with E-state index < -0.39 is 6.36 Å². The molecule has 192 valence electrons. The number of aromatic nitrogens is 1. The summed E-state index contributed by atoms with van der Waals surface area (Å²) in [6.07, 6.45) is -1.65. The van der Waals surface area contributed by atoms with Gasteiger partial charge in [0.15, 0.2) is 35.7 Å². The molecule has 0 aliphatic carbocycles. The van der Waals surface area contributed by atoms with E-state index >= 15 is 0 Å². The van der Waals surface area contributed by atoms with Crippen LogP contribution in [0.5, 0.6) is 28.7 Å². The Bertz CT molecular complexity index is 1510. The molecule has 0 unspecified atom stereocenters. The first kappa shape index (κ1) is 24.8. The molecule has 1 N–H and O–H groups in total. The maximum Gasteiger partial charge on any atom is 0.573 e. The average Bonchev–Trinajstić information content (AvgIpc) is 3.30. The SMILES string of the molecule is COc1ccc2c(Cc3ccc(OC(F)(F)F)cc3)c3[n+](cc2c1O)CCc1cc2c(cc1-3)OCO2.[Cl-]. The molecule has 0 fully saturated rings. The lowest BCUT2D eigenvalue weighted by molar-refractivity contribution is -0.686. The molecule has 0 amide bonds. The molecule has 0 atom stereocenters. The number of phenols is 1. The summed E-state index contributed by atoms with van der Waals surface area (Å²) in [6.45, 7) is 0.850. The van der Waals surface area contributed by atoms with Crippen LogP contribution in [0.25, 0.3) is 22.0 Å². The van der Waals surface area contributed by atoms with E-state index in [4.69, 9.17) is 14.2 Å². The van der Waals surface area contributed by atoms with Gasteiger partial charge in [0.2, 0.25) is 12.5 Å². The second-order valence-electron chi connectivity index (χ2n) is 8.71. The molecule has 0 spiro atoms. The Balaban J connectivity index is 0.00000280. The van der Waals surface area contributed by atoms with E-state index in [-0.39, 0.29) is 30.7 Å². The summed E-state index contributed by atoms with van der Waals surface area (Å²) >= 11 is 0. The van der Waals surface area contributed by atoms with Gasteiger partial charge >= 0.3 is 6.36 Å². The first-order valence-corrected chi connectivity index (χ1v) is 11.3. The van der Waals surface area contributed by atoms with Gasteiger partial charge in [-0.3, -0.25) is 0 Å². The maximum absolute atomic E-state index is 12.6. The van der Waals surface area contributed by atoms with Gasteiger partial charge in [0.1, 0.15) is 5.75 Å². The summed E-state index contributed by atoms with van der Waals surface area (Å²) in [6, 6.07) is 13.4. The van der Waals surface area contributed by atoms with Gasteiger partial charge in [-0.1, -0.05) is 12.1 Å². The zero-order chi connectivity index (χ0) is 25.0. The number of nitrogens with zero attached hydrogens (tertiary/aromatic N) is 1. The smallest absolute Gasteiger partial charge is 0.573 e. The molecular formula is C27H21ClF3NO5. The molecule has 6 rings (SSSR count). The molecule has 0 saturated carbocycles. The predicted molar refractivity (Wildman–Crippen MR) is 124 cm³/mol. The monoisotopic (exact) mass is 531 g/mol. The van der Waals surface area contributed by atoms with Crippen LogP contribution in [-0.2, 0) is 19.4 Å². The Morgan fingerprint density at radius 3 is 2.43 bits per heavy atom. The van der Waals surface area contributed by atoms with Crippen LogP contribution < -0.4 is 35.9 Å². The van der Waals surface area contributed by atoms with Crippen molar-refractivity contribution in [1.82, 2.24) is 0 Å². The van der Waals surface area contributed by atoms with Gasteiger partial charge in [-0.15, -0.1) is 13.2 Å². The van der Waals surface area contributed by atoms with Crippen molar-refractivity contribution in [3.05, 3.63) is 71.4 Å². The fourth-order valence-electron chi connectivity index (χ4n) is 5.01. The Morgan fingerprint density at radius 1 is 1.00 bits per heavy atom. The molecule has 2 aliphatic heterocycles. The number of ether oxygens (including phenoxy) is 4. The maximum atomic E-state index is 12.6. The summed E-state index contributed by atoms with van der Waals surface area (Å²) in [7, 11) is 1.50. The van der Waals surface area contributed by atoms with Gasteiger partial charge in [-0.2, -0.15) is 4.57 Å². The lowest BCUT2D eigenvalue weighted by atomic mass is 9.88. The van der Waals surface area contributed by atoms with Crippen molar-refractivity contribution >= 4 is 10.8 Å². The van der Waals surface area contributed by atoms with Crippen molar-refractivity contribution in [3.63, 3.8) is 0 Å². The lowest BCUT2D eigenvalue weighted by Gasteiger charge is -2.20. The van der Waals surface area contributed by atoms with E-state index in [0.29, 0.717) is 35.6 Å². The quantitative estimate of drug-likeness (QED) is 0.410. The van der Waals surface area contributed by atoms with Crippen molar-refractivity contribution < 1.29 is 54.2 Å². The van der Waals surface area contributed by atoms with Crippen molar-refractivity contribution in [1.29, 1.82) is 0 Å². The predicted octanol–water partition coefficient (Wildman–Crippen LogP) is 2.29. The van der Waals surface area contributed by atoms with Crippen LogP contribution in [0.15, 0.2) is 54.7 Å².